The van der Waals surface area contributed by atoms with Gasteiger partial charge in [0.05, 0.1) is 17.2 Å². The lowest BCUT2D eigenvalue weighted by Crippen LogP contribution is -2.53. The molecule has 1 atom stereocenters. The quantitative estimate of drug-likeness (QED) is 0.904. The van der Waals surface area contributed by atoms with Gasteiger partial charge in [-0.25, -0.2) is 0 Å². The Balaban J connectivity index is 2.09. The van der Waals surface area contributed by atoms with Gasteiger partial charge in [0.1, 0.15) is 0 Å². The third-order valence-electron chi connectivity index (χ3n) is 4.15. The van der Waals surface area contributed by atoms with Gasteiger partial charge in [0.25, 0.3) is 0 Å². The highest BCUT2D eigenvalue weighted by Crippen LogP contribution is 2.27. The molecule has 21 heavy (non-hydrogen) atoms. The number of carbonyl (C=O) groups is 1. The molecule has 4 nitrogen and oxygen atoms in total. The maximum atomic E-state index is 12.8. The lowest BCUT2D eigenvalue weighted by molar-refractivity contribution is -0.137. The first-order valence-electron chi connectivity index (χ1n) is 7.61. The highest BCUT2D eigenvalue weighted by Gasteiger charge is 2.41. The average Bonchev–Trinajstić information content (AvgIpc) is 2.96. The van der Waals surface area contributed by atoms with Crippen molar-refractivity contribution in [3.8, 4) is 6.07 Å². The highest BCUT2D eigenvalue weighted by atomic mass is 16.2. The van der Waals surface area contributed by atoms with E-state index in [1.165, 1.54) is 0 Å². The van der Waals surface area contributed by atoms with Gasteiger partial charge in [-0.05, 0) is 43.5 Å². The van der Waals surface area contributed by atoms with Crippen LogP contribution < -0.4 is 5.32 Å². The summed E-state index contributed by atoms with van der Waals surface area (Å²) in [6, 6.07) is 9.58. The van der Waals surface area contributed by atoms with E-state index < -0.39 is 0 Å². The number of carbonyl (C=O) groups excluding carboxylic acids is 1. The first-order valence-corrected chi connectivity index (χ1v) is 7.61. The molecular formula is C17H23N3O. The summed E-state index contributed by atoms with van der Waals surface area (Å²) in [6.07, 6.45) is 3.86. The molecule has 0 spiro atoms. The van der Waals surface area contributed by atoms with Crippen LogP contribution in [0.2, 0.25) is 0 Å². The SMILES string of the molecule is CCCC1(C(=O)N(C)Cc2cccc(C#N)c2)CCCN1. The minimum absolute atomic E-state index is 0.171. The van der Waals surface area contributed by atoms with Crippen molar-refractivity contribution in [2.24, 2.45) is 0 Å². The van der Waals surface area contributed by atoms with E-state index >= 15 is 0 Å². The zero-order chi connectivity index (χ0) is 15.3. The number of hydrogen-bond acceptors (Lipinski definition) is 3. The monoisotopic (exact) mass is 285 g/mol. The fraction of sp³-hybridized carbons (Fsp3) is 0.529. The summed E-state index contributed by atoms with van der Waals surface area (Å²) in [5, 5.41) is 12.4. The predicted octanol–water partition coefficient (Wildman–Crippen LogP) is 2.44. The average molecular weight is 285 g/mol. The summed E-state index contributed by atoms with van der Waals surface area (Å²) in [5.41, 5.74) is 1.25. The van der Waals surface area contributed by atoms with E-state index in [0.29, 0.717) is 12.1 Å². The summed E-state index contributed by atoms with van der Waals surface area (Å²) in [7, 11) is 1.85. The molecule has 1 unspecified atom stereocenters. The zero-order valence-electron chi connectivity index (χ0n) is 12.9. The fourth-order valence-corrected chi connectivity index (χ4v) is 3.19. The second-order valence-corrected chi connectivity index (χ2v) is 5.84. The highest BCUT2D eigenvalue weighted by molar-refractivity contribution is 5.86. The molecule has 1 N–H and O–H groups in total. The van der Waals surface area contributed by atoms with Gasteiger partial charge in [-0.15, -0.1) is 0 Å². The minimum Gasteiger partial charge on any atom is -0.340 e. The van der Waals surface area contributed by atoms with E-state index in [0.717, 1.165) is 37.8 Å². The van der Waals surface area contributed by atoms with E-state index in [1.807, 2.05) is 25.2 Å². The Morgan fingerprint density at radius 1 is 1.52 bits per heavy atom. The number of amides is 1. The van der Waals surface area contributed by atoms with E-state index in [4.69, 9.17) is 5.26 Å². The molecule has 4 heteroatoms. The number of benzene rings is 1. The van der Waals surface area contributed by atoms with Gasteiger partial charge in [0.2, 0.25) is 5.91 Å². The van der Waals surface area contributed by atoms with Crippen LogP contribution in [0.15, 0.2) is 24.3 Å². The number of hydrogen-bond donors (Lipinski definition) is 1. The van der Waals surface area contributed by atoms with Gasteiger partial charge in [0, 0.05) is 13.6 Å². The standard InChI is InChI=1S/C17H23N3O/c1-3-8-17(9-5-10-19-17)16(21)20(2)13-15-7-4-6-14(11-15)12-18/h4,6-7,11,19H,3,5,8-10,13H2,1-2H3. The van der Waals surface area contributed by atoms with Gasteiger partial charge in [-0.2, -0.15) is 5.26 Å². The summed E-state index contributed by atoms with van der Waals surface area (Å²) < 4.78 is 0. The Morgan fingerprint density at radius 2 is 2.33 bits per heavy atom. The number of nitriles is 1. The zero-order valence-corrected chi connectivity index (χ0v) is 12.9. The smallest absolute Gasteiger partial charge is 0.242 e. The third-order valence-corrected chi connectivity index (χ3v) is 4.15. The molecule has 1 fully saturated rings. The van der Waals surface area contributed by atoms with Gasteiger partial charge in [0.15, 0.2) is 0 Å². The van der Waals surface area contributed by atoms with E-state index in [-0.39, 0.29) is 11.4 Å². The van der Waals surface area contributed by atoms with Crippen LogP contribution in [0.3, 0.4) is 0 Å². The van der Waals surface area contributed by atoms with Gasteiger partial charge < -0.3 is 10.2 Å². The fourth-order valence-electron chi connectivity index (χ4n) is 3.19. The number of rotatable bonds is 5. The van der Waals surface area contributed by atoms with Crippen LogP contribution in [0.5, 0.6) is 0 Å². The molecule has 2 rings (SSSR count). The van der Waals surface area contributed by atoms with Crippen LogP contribution >= 0.6 is 0 Å². The summed E-state index contributed by atoms with van der Waals surface area (Å²) in [4.78, 5) is 14.6. The van der Waals surface area contributed by atoms with Crippen molar-refractivity contribution in [1.29, 1.82) is 5.26 Å². The van der Waals surface area contributed by atoms with Crippen LogP contribution in [0.4, 0.5) is 0 Å². The first kappa shape index (κ1) is 15.5. The van der Waals surface area contributed by atoms with Gasteiger partial charge in [-0.1, -0.05) is 25.5 Å². The van der Waals surface area contributed by atoms with Crippen molar-refractivity contribution in [3.05, 3.63) is 35.4 Å². The van der Waals surface area contributed by atoms with Crippen molar-refractivity contribution >= 4 is 5.91 Å². The molecule has 1 aliphatic heterocycles. The third kappa shape index (κ3) is 3.43. The Morgan fingerprint density at radius 3 is 2.95 bits per heavy atom. The molecule has 0 aromatic heterocycles. The van der Waals surface area contributed by atoms with Crippen LogP contribution in [-0.2, 0) is 11.3 Å². The normalized spacial score (nSPS) is 21.0. The molecular weight excluding hydrogens is 262 g/mol. The van der Waals surface area contributed by atoms with Crippen molar-refractivity contribution < 1.29 is 4.79 Å². The summed E-state index contributed by atoms with van der Waals surface area (Å²) in [6.45, 7) is 3.58. The molecule has 1 saturated heterocycles. The molecule has 1 heterocycles. The molecule has 0 radical (unpaired) electrons. The lowest BCUT2D eigenvalue weighted by Gasteiger charge is -2.32. The van der Waals surface area contributed by atoms with Gasteiger partial charge in [-0.3, -0.25) is 4.79 Å². The summed E-state index contributed by atoms with van der Waals surface area (Å²) in [5.74, 6) is 0.171. The Bertz CT molecular complexity index is 541. The van der Waals surface area contributed by atoms with Crippen LogP contribution in [-0.4, -0.2) is 29.9 Å². The van der Waals surface area contributed by atoms with E-state index in [9.17, 15) is 4.79 Å². The lowest BCUT2D eigenvalue weighted by atomic mass is 9.90. The maximum absolute atomic E-state index is 12.8. The maximum Gasteiger partial charge on any atom is 0.242 e. The molecule has 112 valence electrons. The van der Waals surface area contributed by atoms with Crippen molar-refractivity contribution in [1.82, 2.24) is 10.2 Å². The number of likely N-dealkylation sites (N-methyl/N-ethyl adjacent to an activating group) is 1. The molecule has 1 amide bonds. The van der Waals surface area contributed by atoms with Gasteiger partial charge >= 0.3 is 0 Å². The topological polar surface area (TPSA) is 56.1 Å². The van der Waals surface area contributed by atoms with Crippen LogP contribution in [0.25, 0.3) is 0 Å². The Labute approximate surface area is 126 Å². The first-order chi connectivity index (χ1) is 10.1. The largest absolute Gasteiger partial charge is 0.340 e. The predicted molar refractivity (Wildman–Crippen MR) is 82.5 cm³/mol. The number of nitrogens with zero attached hydrogens (tertiary/aromatic N) is 2. The Hall–Kier alpha value is -1.86. The molecule has 1 aromatic rings. The molecule has 0 saturated carbocycles. The van der Waals surface area contributed by atoms with Crippen LogP contribution in [0.1, 0.15) is 43.7 Å². The van der Waals surface area contributed by atoms with Crippen molar-refractivity contribution in [3.63, 3.8) is 0 Å². The number of nitrogens with one attached hydrogen (secondary N) is 1. The molecule has 0 aliphatic carbocycles. The summed E-state index contributed by atoms with van der Waals surface area (Å²) >= 11 is 0. The van der Waals surface area contributed by atoms with Crippen molar-refractivity contribution in [2.75, 3.05) is 13.6 Å². The molecule has 1 aromatic carbocycles. The Kier molecular flexibility index (Phi) is 4.98. The van der Waals surface area contributed by atoms with Crippen molar-refractivity contribution in [2.45, 2.75) is 44.7 Å². The minimum atomic E-state index is -0.379. The van der Waals surface area contributed by atoms with Crippen LogP contribution in [0, 0.1) is 11.3 Å². The van der Waals surface area contributed by atoms with E-state index in [2.05, 4.69) is 18.3 Å². The molecule has 0 bridgehead atoms. The second-order valence-electron chi connectivity index (χ2n) is 5.84. The molecule has 1 aliphatic rings. The second kappa shape index (κ2) is 6.73. The van der Waals surface area contributed by atoms with E-state index in [1.54, 1.807) is 11.0 Å².